The van der Waals surface area contributed by atoms with Crippen LogP contribution in [0.1, 0.15) is 38.5 Å². The summed E-state index contributed by atoms with van der Waals surface area (Å²) in [6.07, 6.45) is 5.58. The van der Waals surface area contributed by atoms with E-state index in [0.717, 1.165) is 38.6 Å². The third kappa shape index (κ3) is 4.64. The molecule has 7 nitrogen and oxygen atoms in total. The van der Waals surface area contributed by atoms with E-state index in [1.165, 1.54) is 0 Å². The van der Waals surface area contributed by atoms with E-state index in [4.69, 9.17) is 10.9 Å². The largest absolute Gasteiger partial charge is 0.342 e. The minimum Gasteiger partial charge on any atom is -0.342 e. The van der Waals surface area contributed by atoms with Gasteiger partial charge in [0.2, 0.25) is 5.91 Å². The van der Waals surface area contributed by atoms with E-state index in [0.29, 0.717) is 26.1 Å². The monoisotopic (exact) mass is 318 g/mol. The zero-order chi connectivity index (χ0) is 15.5. The van der Waals surface area contributed by atoms with Crippen LogP contribution in [0.4, 0.5) is 0 Å². The van der Waals surface area contributed by atoms with Gasteiger partial charge in [-0.3, -0.25) is 4.79 Å². The van der Waals surface area contributed by atoms with Crippen LogP contribution in [0.2, 0.25) is 0 Å². The number of amides is 1. The van der Waals surface area contributed by atoms with Crippen molar-refractivity contribution >= 4 is 16.1 Å². The summed E-state index contributed by atoms with van der Waals surface area (Å²) in [6, 6.07) is 0. The Balaban J connectivity index is 1.84. The highest BCUT2D eigenvalue weighted by Gasteiger charge is 2.39. The van der Waals surface area contributed by atoms with Crippen molar-refractivity contribution in [2.45, 2.75) is 38.5 Å². The van der Waals surface area contributed by atoms with Crippen LogP contribution in [0.5, 0.6) is 0 Å². The predicted octanol–water partition coefficient (Wildman–Crippen LogP) is -0.463. The number of nitrogens with one attached hydrogen (secondary N) is 1. The second kappa shape index (κ2) is 6.60. The zero-order valence-electron chi connectivity index (χ0n) is 12.4. The number of nitrogens with zero attached hydrogens (tertiary/aromatic N) is 1. The van der Waals surface area contributed by atoms with Crippen LogP contribution in [-0.4, -0.2) is 45.4 Å². The molecule has 1 aliphatic carbocycles. The fourth-order valence-electron chi connectivity index (χ4n) is 3.25. The van der Waals surface area contributed by atoms with Crippen LogP contribution in [0.15, 0.2) is 0 Å². The minimum absolute atomic E-state index is 0.0167. The molecule has 1 atom stereocenters. The van der Waals surface area contributed by atoms with Gasteiger partial charge in [0.05, 0.1) is 0 Å². The van der Waals surface area contributed by atoms with Gasteiger partial charge in [0.1, 0.15) is 0 Å². The van der Waals surface area contributed by atoms with Crippen molar-refractivity contribution < 1.29 is 13.2 Å². The van der Waals surface area contributed by atoms with Crippen molar-refractivity contribution in [1.29, 1.82) is 0 Å². The summed E-state index contributed by atoms with van der Waals surface area (Å²) in [5.41, 5.74) is 5.82. The van der Waals surface area contributed by atoms with Crippen LogP contribution in [0, 0.1) is 11.3 Å². The molecule has 2 rings (SSSR count). The zero-order valence-corrected chi connectivity index (χ0v) is 13.2. The maximum atomic E-state index is 12.4. The molecule has 2 aliphatic rings. The topological polar surface area (TPSA) is 119 Å². The van der Waals surface area contributed by atoms with Crippen molar-refractivity contribution in [2.75, 3.05) is 26.2 Å². The van der Waals surface area contributed by atoms with Gasteiger partial charge in [0.15, 0.2) is 0 Å². The van der Waals surface area contributed by atoms with Gasteiger partial charge >= 0.3 is 0 Å². The summed E-state index contributed by atoms with van der Waals surface area (Å²) in [5, 5.41) is 4.94. The maximum absolute atomic E-state index is 12.4. The molecule has 0 bridgehead atoms. The number of carbonyl (C=O) groups is 1. The van der Waals surface area contributed by atoms with Gasteiger partial charge in [0, 0.05) is 26.1 Å². The van der Waals surface area contributed by atoms with Gasteiger partial charge in [-0.2, -0.15) is 8.42 Å². The second-order valence-corrected chi connectivity index (χ2v) is 7.85. The maximum Gasteiger partial charge on any atom is 0.274 e. The Hall–Kier alpha value is -0.700. The van der Waals surface area contributed by atoms with Gasteiger partial charge < -0.3 is 10.6 Å². The number of nitrogens with two attached hydrogens (primary N) is 2. The summed E-state index contributed by atoms with van der Waals surface area (Å²) >= 11 is 0. The first kappa shape index (κ1) is 16.7. The smallest absolute Gasteiger partial charge is 0.274 e. The predicted molar refractivity (Wildman–Crippen MR) is 80.4 cm³/mol. The van der Waals surface area contributed by atoms with Gasteiger partial charge in [-0.15, -0.1) is 0 Å². The van der Waals surface area contributed by atoms with E-state index in [9.17, 15) is 13.2 Å². The van der Waals surface area contributed by atoms with Crippen molar-refractivity contribution in [3.05, 3.63) is 0 Å². The summed E-state index contributed by atoms with van der Waals surface area (Å²) in [7, 11) is -3.66. The molecule has 1 saturated heterocycles. The highest BCUT2D eigenvalue weighted by molar-refractivity contribution is 7.87. The number of hydrogen-bond acceptors (Lipinski definition) is 4. The van der Waals surface area contributed by atoms with Gasteiger partial charge in [-0.1, -0.05) is 6.42 Å². The third-order valence-corrected chi connectivity index (χ3v) is 5.39. The molecule has 1 saturated carbocycles. The number of hydrogen-bond donors (Lipinski definition) is 3. The summed E-state index contributed by atoms with van der Waals surface area (Å²) < 4.78 is 24.2. The Morgan fingerprint density at radius 2 is 2.05 bits per heavy atom. The lowest BCUT2D eigenvalue weighted by molar-refractivity contribution is -0.136. The van der Waals surface area contributed by atoms with Crippen LogP contribution in [0.25, 0.3) is 0 Å². The molecule has 122 valence electrons. The molecular weight excluding hydrogens is 292 g/mol. The van der Waals surface area contributed by atoms with Crippen molar-refractivity contribution in [3.8, 4) is 0 Å². The van der Waals surface area contributed by atoms with E-state index in [1.807, 2.05) is 4.90 Å². The molecule has 0 aromatic carbocycles. The lowest BCUT2D eigenvalue weighted by atomic mass is 9.66. The van der Waals surface area contributed by atoms with Crippen molar-refractivity contribution in [1.82, 2.24) is 9.62 Å². The second-order valence-electron chi connectivity index (χ2n) is 6.48. The average molecular weight is 318 g/mol. The molecular formula is C13H26N4O3S. The fourth-order valence-corrected chi connectivity index (χ4v) is 3.72. The molecule has 1 aliphatic heterocycles. The van der Waals surface area contributed by atoms with Crippen LogP contribution in [-0.2, 0) is 15.0 Å². The van der Waals surface area contributed by atoms with Crippen molar-refractivity contribution in [2.24, 2.45) is 22.2 Å². The lowest BCUT2D eigenvalue weighted by Crippen LogP contribution is -2.48. The number of likely N-dealkylation sites (tertiary alicyclic amines) is 1. The Morgan fingerprint density at radius 3 is 2.57 bits per heavy atom. The number of carbonyl (C=O) groups excluding carboxylic acids is 1. The van der Waals surface area contributed by atoms with Gasteiger partial charge in [0.25, 0.3) is 10.2 Å². The standard InChI is InChI=1S/C13H26N4O3S/c14-10-13(4-2-5-13)7-12(18)17-6-1-3-11(9-17)8-16-21(15,19)20/h11,16H,1-10,14H2,(H2,15,19,20). The molecule has 21 heavy (non-hydrogen) atoms. The Kier molecular flexibility index (Phi) is 5.24. The summed E-state index contributed by atoms with van der Waals surface area (Å²) in [5.74, 6) is 0.289. The normalized spacial score (nSPS) is 25.4. The molecule has 1 unspecified atom stereocenters. The lowest BCUT2D eigenvalue weighted by Gasteiger charge is -2.42. The fraction of sp³-hybridized carbons (Fsp3) is 0.923. The molecule has 0 aromatic rings. The SMILES string of the molecule is NCC1(CC(=O)N2CCCC(CNS(N)(=O)=O)C2)CCC1. The van der Waals surface area contributed by atoms with Gasteiger partial charge in [-0.25, -0.2) is 9.86 Å². The average Bonchev–Trinajstić information content (AvgIpc) is 2.40. The molecule has 5 N–H and O–H groups in total. The first-order valence-electron chi connectivity index (χ1n) is 7.59. The van der Waals surface area contributed by atoms with Crippen LogP contribution >= 0.6 is 0 Å². The third-order valence-electron chi connectivity index (χ3n) is 4.82. The Labute approximate surface area is 126 Å². The van der Waals surface area contributed by atoms with E-state index in [-0.39, 0.29) is 17.2 Å². The van der Waals surface area contributed by atoms with E-state index in [1.54, 1.807) is 0 Å². The highest BCUT2D eigenvalue weighted by Crippen LogP contribution is 2.43. The molecule has 0 spiro atoms. The van der Waals surface area contributed by atoms with E-state index in [2.05, 4.69) is 4.72 Å². The molecule has 0 radical (unpaired) electrons. The summed E-state index contributed by atoms with van der Waals surface area (Å²) in [6.45, 7) is 2.22. The molecule has 8 heteroatoms. The Bertz CT molecular complexity index is 470. The molecule has 2 fully saturated rings. The first-order chi connectivity index (χ1) is 9.84. The first-order valence-corrected chi connectivity index (χ1v) is 9.13. The molecule has 1 amide bonds. The van der Waals surface area contributed by atoms with Gasteiger partial charge in [-0.05, 0) is 43.6 Å². The number of piperidine rings is 1. The minimum atomic E-state index is -3.66. The number of rotatable bonds is 6. The Morgan fingerprint density at radius 1 is 1.33 bits per heavy atom. The molecule has 0 aromatic heterocycles. The molecule has 1 heterocycles. The van der Waals surface area contributed by atoms with E-state index >= 15 is 0 Å². The van der Waals surface area contributed by atoms with E-state index < -0.39 is 10.2 Å². The van der Waals surface area contributed by atoms with Crippen molar-refractivity contribution in [3.63, 3.8) is 0 Å². The van der Waals surface area contributed by atoms with Crippen LogP contribution < -0.4 is 15.6 Å². The van der Waals surface area contributed by atoms with Crippen LogP contribution in [0.3, 0.4) is 0 Å². The highest BCUT2D eigenvalue weighted by atomic mass is 32.2. The summed E-state index contributed by atoms with van der Waals surface area (Å²) in [4.78, 5) is 14.3. The quantitative estimate of drug-likeness (QED) is 0.614.